The van der Waals surface area contributed by atoms with Crippen molar-refractivity contribution in [2.24, 2.45) is 5.92 Å². The summed E-state index contributed by atoms with van der Waals surface area (Å²) < 4.78 is 0. The number of carbonyl (C=O) groups excluding carboxylic acids is 1. The Morgan fingerprint density at radius 3 is 2.55 bits per heavy atom. The second-order valence-corrected chi connectivity index (χ2v) is 6.76. The summed E-state index contributed by atoms with van der Waals surface area (Å²) in [6.45, 7) is 3.02. The second-order valence-electron chi connectivity index (χ2n) is 6.76. The number of carbonyl (C=O) groups is 1. The topological polar surface area (TPSA) is 56.1 Å². The maximum absolute atomic E-state index is 12.4. The van der Waals surface area contributed by atoms with Gasteiger partial charge >= 0.3 is 0 Å². The summed E-state index contributed by atoms with van der Waals surface area (Å²) in [4.78, 5) is 14.6. The highest BCUT2D eigenvalue weighted by Crippen LogP contribution is 2.39. The van der Waals surface area contributed by atoms with Gasteiger partial charge in [0.15, 0.2) is 0 Å². The molecule has 1 N–H and O–H groups in total. The second kappa shape index (κ2) is 6.10. The van der Waals surface area contributed by atoms with Crippen LogP contribution in [0.1, 0.15) is 38.2 Å². The van der Waals surface area contributed by atoms with Crippen LogP contribution in [0.25, 0.3) is 0 Å². The maximum atomic E-state index is 12.4. The Hall–Kier alpha value is -1.86. The smallest absolute Gasteiger partial charge is 0.235 e. The minimum atomic E-state index is -0.695. The van der Waals surface area contributed by atoms with Crippen molar-refractivity contribution < 1.29 is 4.79 Å². The van der Waals surface area contributed by atoms with Gasteiger partial charge in [-0.2, -0.15) is 5.26 Å². The first kappa shape index (κ1) is 15.1. The van der Waals surface area contributed by atoms with Gasteiger partial charge in [0.1, 0.15) is 5.54 Å². The molecule has 3 rings (SSSR count). The van der Waals surface area contributed by atoms with Crippen LogP contribution in [-0.2, 0) is 11.3 Å². The molecule has 1 unspecified atom stereocenters. The van der Waals surface area contributed by atoms with Crippen LogP contribution in [0.3, 0.4) is 0 Å². The monoisotopic (exact) mass is 297 g/mol. The molecule has 22 heavy (non-hydrogen) atoms. The first-order valence-corrected chi connectivity index (χ1v) is 8.11. The van der Waals surface area contributed by atoms with E-state index in [1.165, 1.54) is 5.56 Å². The third-order valence-corrected chi connectivity index (χ3v) is 4.66. The highest BCUT2D eigenvalue weighted by atomic mass is 16.2. The van der Waals surface area contributed by atoms with Gasteiger partial charge in [-0.25, -0.2) is 0 Å². The number of nitriles is 1. The first-order valence-electron chi connectivity index (χ1n) is 8.11. The van der Waals surface area contributed by atoms with Crippen LogP contribution in [0.4, 0.5) is 0 Å². The van der Waals surface area contributed by atoms with Gasteiger partial charge < -0.3 is 5.32 Å². The summed E-state index contributed by atoms with van der Waals surface area (Å²) in [6, 6.07) is 13.1. The lowest BCUT2D eigenvalue weighted by atomic mass is 9.98. The Morgan fingerprint density at radius 2 is 2.00 bits per heavy atom. The zero-order chi connectivity index (χ0) is 15.6. The Balaban J connectivity index is 1.59. The number of amides is 1. The molecule has 0 spiro atoms. The lowest BCUT2D eigenvalue weighted by Crippen LogP contribution is -2.50. The Kier molecular flexibility index (Phi) is 4.17. The molecule has 2 saturated carbocycles. The normalized spacial score (nSPS) is 20.2. The molecule has 2 aliphatic rings. The van der Waals surface area contributed by atoms with Crippen molar-refractivity contribution in [3.63, 3.8) is 0 Å². The quantitative estimate of drug-likeness (QED) is 0.841. The Bertz CT molecular complexity index is 572. The van der Waals surface area contributed by atoms with E-state index in [-0.39, 0.29) is 5.91 Å². The van der Waals surface area contributed by atoms with Crippen molar-refractivity contribution in [2.75, 3.05) is 6.54 Å². The fourth-order valence-corrected chi connectivity index (χ4v) is 2.97. The lowest BCUT2D eigenvalue weighted by molar-refractivity contribution is -0.124. The molecular weight excluding hydrogens is 274 g/mol. The Labute approximate surface area is 132 Å². The first-order chi connectivity index (χ1) is 10.6. The molecule has 4 heteroatoms. The van der Waals surface area contributed by atoms with Gasteiger partial charge in [-0.15, -0.1) is 0 Å². The van der Waals surface area contributed by atoms with Gasteiger partial charge in [0.25, 0.3) is 0 Å². The van der Waals surface area contributed by atoms with Crippen LogP contribution in [0, 0.1) is 17.2 Å². The van der Waals surface area contributed by atoms with Crippen LogP contribution in [0.5, 0.6) is 0 Å². The van der Waals surface area contributed by atoms with Gasteiger partial charge in [-0.1, -0.05) is 30.3 Å². The molecule has 1 aromatic carbocycles. The van der Waals surface area contributed by atoms with Gasteiger partial charge in [0, 0.05) is 12.6 Å². The van der Waals surface area contributed by atoms with E-state index >= 15 is 0 Å². The summed E-state index contributed by atoms with van der Waals surface area (Å²) in [5, 5.41) is 12.3. The van der Waals surface area contributed by atoms with Crippen LogP contribution in [-0.4, -0.2) is 28.9 Å². The lowest BCUT2D eigenvalue weighted by Gasteiger charge is -2.26. The number of nitrogens with zero attached hydrogens (tertiary/aromatic N) is 2. The highest BCUT2D eigenvalue weighted by Gasteiger charge is 2.43. The van der Waals surface area contributed by atoms with Crippen molar-refractivity contribution in [3.05, 3.63) is 35.9 Å². The van der Waals surface area contributed by atoms with Gasteiger partial charge in [-0.3, -0.25) is 9.69 Å². The fraction of sp³-hybridized carbons (Fsp3) is 0.556. The predicted octanol–water partition coefficient (Wildman–Crippen LogP) is 2.46. The summed E-state index contributed by atoms with van der Waals surface area (Å²) in [7, 11) is 0. The van der Waals surface area contributed by atoms with Gasteiger partial charge in [0.2, 0.25) is 5.91 Å². The van der Waals surface area contributed by atoms with Crippen molar-refractivity contribution in [2.45, 2.75) is 50.7 Å². The zero-order valence-corrected chi connectivity index (χ0v) is 13.1. The number of hydrogen-bond acceptors (Lipinski definition) is 3. The molecule has 2 fully saturated rings. The molecule has 0 heterocycles. The van der Waals surface area contributed by atoms with E-state index in [9.17, 15) is 10.1 Å². The minimum absolute atomic E-state index is 0.0289. The van der Waals surface area contributed by atoms with Crippen LogP contribution < -0.4 is 5.32 Å². The highest BCUT2D eigenvalue weighted by molar-refractivity contribution is 5.79. The van der Waals surface area contributed by atoms with Gasteiger partial charge in [-0.05, 0) is 44.1 Å². The SMILES string of the molecule is CC(C#N)(NC(=O)CN(Cc1ccccc1)C1CC1)C1CC1. The molecular formula is C18H23N3O. The van der Waals surface area contributed by atoms with Crippen molar-refractivity contribution in [1.82, 2.24) is 10.2 Å². The summed E-state index contributed by atoms with van der Waals surface area (Å²) in [6.07, 6.45) is 4.41. The molecule has 0 saturated heterocycles. The fourth-order valence-electron chi connectivity index (χ4n) is 2.97. The largest absolute Gasteiger partial charge is 0.337 e. The molecule has 116 valence electrons. The summed E-state index contributed by atoms with van der Waals surface area (Å²) in [5.41, 5.74) is 0.534. The molecule has 0 aromatic heterocycles. The maximum Gasteiger partial charge on any atom is 0.235 e. The van der Waals surface area contributed by atoms with Crippen molar-refractivity contribution in [1.29, 1.82) is 5.26 Å². The van der Waals surface area contributed by atoms with Gasteiger partial charge in [0.05, 0.1) is 12.6 Å². The number of rotatable bonds is 7. The van der Waals surface area contributed by atoms with Crippen LogP contribution in [0.15, 0.2) is 30.3 Å². The molecule has 1 atom stereocenters. The number of hydrogen-bond donors (Lipinski definition) is 1. The van der Waals surface area contributed by atoms with Crippen molar-refractivity contribution >= 4 is 5.91 Å². The van der Waals surface area contributed by atoms with E-state index in [0.29, 0.717) is 18.5 Å². The molecule has 1 amide bonds. The van der Waals surface area contributed by atoms with Crippen LogP contribution >= 0.6 is 0 Å². The number of nitrogens with one attached hydrogen (secondary N) is 1. The average molecular weight is 297 g/mol. The molecule has 0 bridgehead atoms. The van der Waals surface area contributed by atoms with E-state index in [4.69, 9.17) is 0 Å². The number of benzene rings is 1. The van der Waals surface area contributed by atoms with E-state index in [1.54, 1.807) is 0 Å². The zero-order valence-electron chi connectivity index (χ0n) is 13.1. The third kappa shape index (κ3) is 3.66. The minimum Gasteiger partial charge on any atom is -0.337 e. The molecule has 1 aromatic rings. The van der Waals surface area contributed by atoms with E-state index in [0.717, 1.165) is 32.2 Å². The molecule has 0 aliphatic heterocycles. The summed E-state index contributed by atoms with van der Waals surface area (Å²) >= 11 is 0. The van der Waals surface area contributed by atoms with E-state index in [1.807, 2.05) is 25.1 Å². The van der Waals surface area contributed by atoms with Crippen molar-refractivity contribution in [3.8, 4) is 6.07 Å². The molecule has 0 radical (unpaired) electrons. The van der Waals surface area contributed by atoms with Crippen LogP contribution in [0.2, 0.25) is 0 Å². The van der Waals surface area contributed by atoms with E-state index in [2.05, 4.69) is 28.4 Å². The summed E-state index contributed by atoms with van der Waals surface area (Å²) in [5.74, 6) is 0.295. The molecule has 2 aliphatic carbocycles. The average Bonchev–Trinajstić information content (AvgIpc) is 3.40. The molecule has 4 nitrogen and oxygen atoms in total. The third-order valence-electron chi connectivity index (χ3n) is 4.66. The van der Waals surface area contributed by atoms with E-state index < -0.39 is 5.54 Å². The predicted molar refractivity (Wildman–Crippen MR) is 84.8 cm³/mol. The standard InChI is InChI=1S/C18H23N3O/c1-18(13-19,15-7-8-15)20-17(22)12-21(16-9-10-16)11-14-5-3-2-4-6-14/h2-6,15-16H,7-12H2,1H3,(H,20,22). The Morgan fingerprint density at radius 1 is 1.32 bits per heavy atom.